The molecule has 0 atom stereocenters. The summed E-state index contributed by atoms with van der Waals surface area (Å²) in [7, 11) is 1.56. The fraction of sp³-hybridized carbons (Fsp3) is 0.200. The molecule has 156 valence electrons. The number of amides is 1. The Morgan fingerprint density at radius 1 is 1.20 bits per heavy atom. The molecular weight excluding hydrogens is 396 g/mol. The number of rotatable bonds is 8. The molecule has 0 saturated carbocycles. The molecule has 10 heteroatoms. The van der Waals surface area contributed by atoms with Crippen LogP contribution in [0, 0.1) is 10.1 Å². The van der Waals surface area contributed by atoms with Crippen LogP contribution in [0.25, 0.3) is 6.08 Å². The van der Waals surface area contributed by atoms with Gasteiger partial charge in [-0.15, -0.1) is 0 Å². The van der Waals surface area contributed by atoms with Gasteiger partial charge in [-0.25, -0.2) is 4.79 Å². The summed E-state index contributed by atoms with van der Waals surface area (Å²) in [5.41, 5.74) is 0.746. The van der Waals surface area contributed by atoms with Crippen molar-refractivity contribution in [3.05, 3.63) is 63.7 Å². The third kappa shape index (κ3) is 5.25. The number of carbonyl (C=O) groups is 2. The second-order valence-electron chi connectivity index (χ2n) is 6.09. The minimum Gasteiger partial charge on any atom is -0.497 e. The molecule has 0 aromatic heterocycles. The molecular formula is C20H18N2O8. The molecule has 1 N–H and O–H groups in total. The van der Waals surface area contributed by atoms with Crippen LogP contribution >= 0.6 is 0 Å². The largest absolute Gasteiger partial charge is 0.497 e. The van der Waals surface area contributed by atoms with Gasteiger partial charge in [-0.2, -0.15) is 0 Å². The predicted molar refractivity (Wildman–Crippen MR) is 104 cm³/mol. The second kappa shape index (κ2) is 9.41. The van der Waals surface area contributed by atoms with Gasteiger partial charge in [-0.05, 0) is 29.8 Å². The van der Waals surface area contributed by atoms with Gasteiger partial charge in [-0.1, -0.05) is 12.1 Å². The molecule has 0 unspecified atom stereocenters. The molecule has 3 rings (SSSR count). The van der Waals surface area contributed by atoms with Crippen LogP contribution in [0.1, 0.15) is 11.1 Å². The Balaban J connectivity index is 1.51. The van der Waals surface area contributed by atoms with Crippen molar-refractivity contribution >= 4 is 23.6 Å². The zero-order valence-electron chi connectivity index (χ0n) is 16.0. The number of hydrogen-bond donors (Lipinski definition) is 1. The van der Waals surface area contributed by atoms with Crippen molar-refractivity contribution in [2.75, 3.05) is 20.5 Å². The predicted octanol–water partition coefficient (Wildman–Crippen LogP) is 2.20. The second-order valence-corrected chi connectivity index (χ2v) is 6.09. The van der Waals surface area contributed by atoms with Crippen molar-refractivity contribution in [1.29, 1.82) is 0 Å². The zero-order chi connectivity index (χ0) is 21.5. The number of methoxy groups -OCH3 is 1. The lowest BCUT2D eigenvalue weighted by molar-refractivity contribution is -0.385. The first kappa shape index (κ1) is 20.6. The Morgan fingerprint density at radius 2 is 1.90 bits per heavy atom. The van der Waals surface area contributed by atoms with Gasteiger partial charge in [0.2, 0.25) is 6.79 Å². The highest BCUT2D eigenvalue weighted by molar-refractivity contribution is 5.90. The molecule has 30 heavy (non-hydrogen) atoms. The first-order chi connectivity index (χ1) is 14.5. The van der Waals surface area contributed by atoms with Crippen LogP contribution in [0.3, 0.4) is 0 Å². The van der Waals surface area contributed by atoms with E-state index < -0.39 is 23.4 Å². The highest BCUT2D eigenvalue weighted by Gasteiger charge is 2.22. The van der Waals surface area contributed by atoms with Gasteiger partial charge in [0, 0.05) is 12.6 Å². The van der Waals surface area contributed by atoms with Crippen molar-refractivity contribution < 1.29 is 33.5 Å². The number of fused-ring (bicyclic) bond motifs is 1. The maximum atomic E-state index is 11.9. The third-order valence-corrected chi connectivity index (χ3v) is 4.11. The van der Waals surface area contributed by atoms with Crippen LogP contribution in [-0.4, -0.2) is 37.3 Å². The van der Waals surface area contributed by atoms with Crippen molar-refractivity contribution in [3.8, 4) is 17.2 Å². The number of hydrogen-bond acceptors (Lipinski definition) is 8. The Labute approximate surface area is 171 Å². The van der Waals surface area contributed by atoms with Crippen LogP contribution in [0.4, 0.5) is 5.69 Å². The van der Waals surface area contributed by atoms with Crippen molar-refractivity contribution in [3.63, 3.8) is 0 Å². The van der Waals surface area contributed by atoms with Crippen molar-refractivity contribution in [2.24, 2.45) is 0 Å². The van der Waals surface area contributed by atoms with Gasteiger partial charge < -0.3 is 24.3 Å². The maximum Gasteiger partial charge on any atom is 0.331 e. The summed E-state index contributed by atoms with van der Waals surface area (Å²) in [4.78, 5) is 34.3. The number of carbonyl (C=O) groups excluding carboxylic acids is 2. The van der Waals surface area contributed by atoms with E-state index in [2.05, 4.69) is 5.32 Å². The topological polar surface area (TPSA) is 126 Å². The standard InChI is InChI=1S/C20H18N2O8/c1-27-15-5-2-13(3-6-15)10-21-19(23)11-28-20(24)7-4-14-8-17-18(30-12-29-17)9-16(14)22(25)26/h2-9H,10-12H2,1H3,(H,21,23)/b7-4+. The number of nitro groups is 1. The number of nitro benzene ring substituents is 1. The van der Waals surface area contributed by atoms with Gasteiger partial charge in [0.25, 0.3) is 11.6 Å². The first-order valence-electron chi connectivity index (χ1n) is 8.79. The van der Waals surface area contributed by atoms with E-state index in [1.54, 1.807) is 31.4 Å². The summed E-state index contributed by atoms with van der Waals surface area (Å²) in [5.74, 6) is -0.00170. The number of nitrogens with zero attached hydrogens (tertiary/aromatic N) is 1. The summed E-state index contributed by atoms with van der Waals surface area (Å²) in [6.07, 6.45) is 2.22. The molecule has 2 aromatic rings. The van der Waals surface area contributed by atoms with Crippen LogP contribution in [0.5, 0.6) is 17.2 Å². The van der Waals surface area contributed by atoms with E-state index in [1.807, 2.05) is 0 Å². The lowest BCUT2D eigenvalue weighted by atomic mass is 10.1. The van der Waals surface area contributed by atoms with Gasteiger partial charge in [-0.3, -0.25) is 14.9 Å². The zero-order valence-corrected chi connectivity index (χ0v) is 16.0. The van der Waals surface area contributed by atoms with Gasteiger partial charge in [0.15, 0.2) is 18.1 Å². The first-order valence-corrected chi connectivity index (χ1v) is 8.79. The maximum absolute atomic E-state index is 11.9. The molecule has 1 aliphatic rings. The smallest absolute Gasteiger partial charge is 0.331 e. The minimum absolute atomic E-state index is 0.0344. The van der Waals surface area contributed by atoms with E-state index in [4.69, 9.17) is 18.9 Å². The van der Waals surface area contributed by atoms with E-state index in [1.165, 1.54) is 18.2 Å². The van der Waals surface area contributed by atoms with Crippen molar-refractivity contribution in [1.82, 2.24) is 5.32 Å². The van der Waals surface area contributed by atoms with E-state index in [9.17, 15) is 19.7 Å². The molecule has 0 aliphatic carbocycles. The Kier molecular flexibility index (Phi) is 6.48. The number of benzene rings is 2. The monoisotopic (exact) mass is 414 g/mol. The Bertz CT molecular complexity index is 985. The summed E-state index contributed by atoms with van der Waals surface area (Å²) < 4.78 is 20.2. The number of nitrogens with one attached hydrogen (secondary N) is 1. The molecule has 10 nitrogen and oxygen atoms in total. The van der Waals surface area contributed by atoms with E-state index >= 15 is 0 Å². The summed E-state index contributed by atoms with van der Waals surface area (Å²) in [5, 5.41) is 13.8. The normalized spacial score (nSPS) is 11.9. The Hall–Kier alpha value is -4.08. The average Bonchev–Trinajstić information content (AvgIpc) is 3.21. The third-order valence-electron chi connectivity index (χ3n) is 4.11. The Morgan fingerprint density at radius 3 is 2.57 bits per heavy atom. The summed E-state index contributed by atoms with van der Waals surface area (Å²) >= 11 is 0. The van der Waals surface area contributed by atoms with Gasteiger partial charge in [0.1, 0.15) is 5.75 Å². The summed E-state index contributed by atoms with van der Waals surface area (Å²) in [6.45, 7) is -0.254. The molecule has 2 aromatic carbocycles. The molecule has 1 aliphatic heterocycles. The van der Waals surface area contributed by atoms with Crippen LogP contribution in [0.2, 0.25) is 0 Å². The molecule has 0 radical (unpaired) electrons. The van der Waals surface area contributed by atoms with Crippen LogP contribution in [0.15, 0.2) is 42.5 Å². The van der Waals surface area contributed by atoms with Crippen LogP contribution in [-0.2, 0) is 20.9 Å². The molecule has 0 saturated heterocycles. The minimum atomic E-state index is -0.818. The van der Waals surface area contributed by atoms with E-state index in [0.717, 1.165) is 11.6 Å². The van der Waals surface area contributed by atoms with Crippen LogP contribution < -0.4 is 19.5 Å². The lowest BCUT2D eigenvalue weighted by Crippen LogP contribution is -2.28. The fourth-order valence-electron chi connectivity index (χ4n) is 2.58. The molecule has 0 spiro atoms. The molecule has 0 bridgehead atoms. The lowest BCUT2D eigenvalue weighted by Gasteiger charge is -2.06. The fourth-order valence-corrected chi connectivity index (χ4v) is 2.58. The number of ether oxygens (including phenoxy) is 4. The highest BCUT2D eigenvalue weighted by Crippen LogP contribution is 2.38. The van der Waals surface area contributed by atoms with E-state index in [-0.39, 0.29) is 30.3 Å². The van der Waals surface area contributed by atoms with Crippen molar-refractivity contribution in [2.45, 2.75) is 6.54 Å². The van der Waals surface area contributed by atoms with Gasteiger partial charge in [0.05, 0.1) is 23.7 Å². The SMILES string of the molecule is COc1ccc(CNC(=O)COC(=O)/C=C/c2cc3c(cc2[N+](=O)[O-])OCO3)cc1. The van der Waals surface area contributed by atoms with E-state index in [0.29, 0.717) is 11.5 Å². The average molecular weight is 414 g/mol. The highest BCUT2D eigenvalue weighted by atomic mass is 16.7. The molecule has 0 fully saturated rings. The number of esters is 1. The summed E-state index contributed by atoms with van der Waals surface area (Å²) in [6, 6.07) is 9.74. The van der Waals surface area contributed by atoms with Gasteiger partial charge >= 0.3 is 5.97 Å². The quantitative estimate of drug-likeness (QED) is 0.302. The molecule has 1 amide bonds. The molecule has 1 heterocycles.